The summed E-state index contributed by atoms with van der Waals surface area (Å²) in [5.41, 5.74) is -0.510. The van der Waals surface area contributed by atoms with Gasteiger partial charge in [0.15, 0.2) is 0 Å². The van der Waals surface area contributed by atoms with Gasteiger partial charge in [-0.05, 0) is 33.1 Å². The van der Waals surface area contributed by atoms with Crippen LogP contribution in [0.2, 0.25) is 0 Å². The predicted molar refractivity (Wildman–Crippen MR) is 75.1 cm³/mol. The third-order valence-electron chi connectivity index (χ3n) is 3.07. The van der Waals surface area contributed by atoms with Crippen molar-refractivity contribution in [3.8, 4) is 0 Å². The average molecular weight is 272 g/mol. The van der Waals surface area contributed by atoms with Gasteiger partial charge in [0.25, 0.3) is 0 Å². The molecule has 0 aromatic rings. The van der Waals surface area contributed by atoms with Crippen LogP contribution in [0, 0.1) is 5.92 Å². The van der Waals surface area contributed by atoms with Crippen LogP contribution in [0.1, 0.15) is 41.0 Å². The van der Waals surface area contributed by atoms with Crippen LogP contribution >= 0.6 is 0 Å². The second kappa shape index (κ2) is 6.57. The number of hydrogen-bond acceptors (Lipinski definition) is 4. The van der Waals surface area contributed by atoms with E-state index in [1.165, 1.54) is 0 Å². The van der Waals surface area contributed by atoms with Crippen LogP contribution in [0.3, 0.4) is 0 Å². The minimum Gasteiger partial charge on any atom is -0.444 e. The van der Waals surface area contributed by atoms with Gasteiger partial charge in [-0.2, -0.15) is 0 Å². The normalized spacial score (nSPS) is 25.3. The van der Waals surface area contributed by atoms with E-state index in [-0.39, 0.29) is 12.1 Å². The summed E-state index contributed by atoms with van der Waals surface area (Å²) in [5.74, 6) is 0.419. The summed E-state index contributed by atoms with van der Waals surface area (Å²) in [6.07, 6.45) is -0.0967. The summed E-state index contributed by atoms with van der Waals surface area (Å²) in [5, 5.41) is 13.4. The number of ether oxygens (including phenoxy) is 1. The van der Waals surface area contributed by atoms with Crippen LogP contribution in [0.4, 0.5) is 4.79 Å². The van der Waals surface area contributed by atoms with Crippen molar-refractivity contribution in [3.05, 3.63) is 0 Å². The molecule has 1 saturated heterocycles. The summed E-state index contributed by atoms with van der Waals surface area (Å²) in [6, 6.07) is -0.176. The summed E-state index contributed by atoms with van der Waals surface area (Å²) in [7, 11) is 0. The number of aliphatic hydroxyl groups is 1. The zero-order valence-corrected chi connectivity index (χ0v) is 12.8. The number of nitrogens with zero attached hydrogens (tertiary/aromatic N) is 1. The van der Waals surface area contributed by atoms with Gasteiger partial charge in [0.1, 0.15) is 5.60 Å². The van der Waals surface area contributed by atoms with Crippen molar-refractivity contribution in [1.29, 1.82) is 0 Å². The van der Waals surface area contributed by atoms with Crippen LogP contribution in [-0.4, -0.2) is 53.5 Å². The summed E-state index contributed by atoms with van der Waals surface area (Å²) in [4.78, 5) is 13.9. The Bertz CT molecular complexity index is 300. The molecule has 1 heterocycles. The van der Waals surface area contributed by atoms with Gasteiger partial charge in [0, 0.05) is 19.6 Å². The molecule has 5 heteroatoms. The first-order chi connectivity index (χ1) is 8.70. The lowest BCUT2D eigenvalue weighted by Crippen LogP contribution is -2.49. The standard InChI is InChI=1S/C14H28N2O3/c1-10(2)8-11-12(17)9-15-6-7-16(11)13(18)19-14(3,4)5/h10-12,15,17H,6-9H2,1-5H3/t11-,12-/m1/s1. The van der Waals surface area contributed by atoms with Gasteiger partial charge in [0.05, 0.1) is 12.1 Å². The molecule has 112 valence electrons. The quantitative estimate of drug-likeness (QED) is 0.801. The number of aliphatic hydroxyl groups excluding tert-OH is 1. The highest BCUT2D eigenvalue weighted by Crippen LogP contribution is 2.20. The lowest BCUT2D eigenvalue weighted by molar-refractivity contribution is -0.00326. The smallest absolute Gasteiger partial charge is 0.410 e. The van der Waals surface area contributed by atoms with Gasteiger partial charge < -0.3 is 20.1 Å². The molecule has 1 fully saturated rings. The zero-order chi connectivity index (χ0) is 14.6. The van der Waals surface area contributed by atoms with Crippen molar-refractivity contribution in [2.45, 2.75) is 58.8 Å². The Morgan fingerprint density at radius 2 is 2.11 bits per heavy atom. The third-order valence-corrected chi connectivity index (χ3v) is 3.07. The van der Waals surface area contributed by atoms with Crippen molar-refractivity contribution in [3.63, 3.8) is 0 Å². The molecule has 0 aliphatic carbocycles. The maximum Gasteiger partial charge on any atom is 0.410 e. The lowest BCUT2D eigenvalue weighted by atomic mass is 9.98. The lowest BCUT2D eigenvalue weighted by Gasteiger charge is -2.34. The Morgan fingerprint density at radius 3 is 2.63 bits per heavy atom. The fourth-order valence-corrected chi connectivity index (χ4v) is 2.27. The van der Waals surface area contributed by atoms with Crippen LogP contribution in [0.25, 0.3) is 0 Å². The van der Waals surface area contributed by atoms with Gasteiger partial charge in [-0.1, -0.05) is 13.8 Å². The first kappa shape index (κ1) is 16.2. The highest BCUT2D eigenvalue weighted by atomic mass is 16.6. The average Bonchev–Trinajstić information content (AvgIpc) is 2.39. The van der Waals surface area contributed by atoms with Crippen molar-refractivity contribution in [2.24, 2.45) is 5.92 Å². The van der Waals surface area contributed by atoms with Crippen molar-refractivity contribution in [2.75, 3.05) is 19.6 Å². The molecule has 0 aromatic carbocycles. The van der Waals surface area contributed by atoms with Gasteiger partial charge in [-0.25, -0.2) is 4.79 Å². The number of carbonyl (C=O) groups excluding carboxylic acids is 1. The Hall–Kier alpha value is -0.810. The number of rotatable bonds is 2. The maximum absolute atomic E-state index is 12.3. The number of β-amino-alcohol motifs (C(OH)–C–C–N with tert-alkyl or cyclic N) is 1. The Balaban J connectivity index is 2.81. The minimum absolute atomic E-state index is 0.176. The Kier molecular flexibility index (Phi) is 5.62. The maximum atomic E-state index is 12.3. The molecule has 0 spiro atoms. The molecule has 0 radical (unpaired) electrons. The minimum atomic E-state index is -0.544. The topological polar surface area (TPSA) is 61.8 Å². The van der Waals surface area contributed by atoms with E-state index in [1.807, 2.05) is 20.8 Å². The van der Waals surface area contributed by atoms with Gasteiger partial charge >= 0.3 is 6.09 Å². The molecule has 1 aliphatic rings. The van der Waals surface area contributed by atoms with Crippen LogP contribution in [0.5, 0.6) is 0 Å². The molecule has 0 unspecified atom stereocenters. The van der Waals surface area contributed by atoms with E-state index < -0.39 is 11.7 Å². The fourth-order valence-electron chi connectivity index (χ4n) is 2.27. The molecule has 1 amide bonds. The molecule has 2 N–H and O–H groups in total. The van der Waals surface area contributed by atoms with E-state index in [4.69, 9.17) is 4.74 Å². The number of amides is 1. The van der Waals surface area contributed by atoms with Crippen LogP contribution in [0.15, 0.2) is 0 Å². The largest absolute Gasteiger partial charge is 0.444 e. The van der Waals surface area contributed by atoms with E-state index in [1.54, 1.807) is 4.90 Å². The third kappa shape index (κ3) is 5.37. The molecule has 0 bridgehead atoms. The Labute approximate surface area is 116 Å². The van der Waals surface area contributed by atoms with E-state index in [9.17, 15) is 9.90 Å². The van der Waals surface area contributed by atoms with Crippen molar-refractivity contribution >= 4 is 6.09 Å². The van der Waals surface area contributed by atoms with E-state index in [2.05, 4.69) is 19.2 Å². The molecular formula is C14H28N2O3. The predicted octanol–water partition coefficient (Wildman–Crippen LogP) is 1.60. The summed E-state index contributed by atoms with van der Waals surface area (Å²) < 4.78 is 5.44. The van der Waals surface area contributed by atoms with Crippen molar-refractivity contribution < 1.29 is 14.6 Å². The number of hydrogen-bond donors (Lipinski definition) is 2. The van der Waals surface area contributed by atoms with Gasteiger partial charge in [0.2, 0.25) is 0 Å². The monoisotopic (exact) mass is 272 g/mol. The SMILES string of the molecule is CC(C)C[C@@H]1[C@H](O)CNCCN1C(=O)OC(C)(C)C. The molecular weight excluding hydrogens is 244 g/mol. The Morgan fingerprint density at radius 1 is 1.47 bits per heavy atom. The molecule has 2 atom stereocenters. The molecule has 19 heavy (non-hydrogen) atoms. The first-order valence-corrected chi connectivity index (χ1v) is 7.09. The van der Waals surface area contributed by atoms with E-state index >= 15 is 0 Å². The van der Waals surface area contributed by atoms with E-state index in [0.717, 1.165) is 6.42 Å². The molecule has 1 rings (SSSR count). The van der Waals surface area contributed by atoms with Crippen LogP contribution < -0.4 is 5.32 Å². The highest BCUT2D eigenvalue weighted by Gasteiger charge is 2.34. The fraction of sp³-hybridized carbons (Fsp3) is 0.929. The zero-order valence-electron chi connectivity index (χ0n) is 12.8. The highest BCUT2D eigenvalue weighted by molar-refractivity contribution is 5.68. The van der Waals surface area contributed by atoms with Gasteiger partial charge in [-0.3, -0.25) is 0 Å². The first-order valence-electron chi connectivity index (χ1n) is 7.09. The summed E-state index contributed by atoms with van der Waals surface area (Å²) >= 11 is 0. The van der Waals surface area contributed by atoms with Gasteiger partial charge in [-0.15, -0.1) is 0 Å². The molecule has 1 aliphatic heterocycles. The van der Waals surface area contributed by atoms with E-state index in [0.29, 0.717) is 25.6 Å². The second-order valence-corrected chi connectivity index (χ2v) is 6.64. The molecule has 0 saturated carbocycles. The van der Waals surface area contributed by atoms with Crippen LogP contribution in [-0.2, 0) is 4.74 Å². The number of nitrogens with one attached hydrogen (secondary N) is 1. The second-order valence-electron chi connectivity index (χ2n) is 6.64. The molecule has 5 nitrogen and oxygen atoms in total. The molecule has 0 aromatic heterocycles. The summed E-state index contributed by atoms with van der Waals surface area (Å²) in [6.45, 7) is 11.5. The number of carbonyl (C=O) groups is 1. The van der Waals surface area contributed by atoms with Crippen molar-refractivity contribution in [1.82, 2.24) is 10.2 Å².